The first kappa shape index (κ1) is 23.8. The van der Waals surface area contributed by atoms with Crippen molar-refractivity contribution in [3.8, 4) is 0 Å². The molecule has 0 saturated carbocycles. The van der Waals surface area contributed by atoms with E-state index in [9.17, 15) is 18.0 Å². The number of rotatable bonds is 4. The number of hydrogen-bond donors (Lipinski definition) is 1. The smallest absolute Gasteiger partial charge is 0.381 e. The van der Waals surface area contributed by atoms with E-state index in [1.54, 1.807) is 23.9 Å². The number of benzene rings is 2. The van der Waals surface area contributed by atoms with Crippen LogP contribution >= 0.6 is 11.8 Å². The topological polar surface area (TPSA) is 35.6 Å². The van der Waals surface area contributed by atoms with Gasteiger partial charge in [0.15, 0.2) is 6.04 Å². The second-order valence-corrected chi connectivity index (χ2v) is 10.6. The van der Waals surface area contributed by atoms with Crippen LogP contribution < -0.4 is 5.32 Å². The Morgan fingerprint density at radius 3 is 2.36 bits per heavy atom. The molecule has 2 aromatic rings. The molecule has 2 aromatic carbocycles. The molecule has 0 spiro atoms. The van der Waals surface area contributed by atoms with Gasteiger partial charge >= 0.3 is 12.2 Å². The van der Waals surface area contributed by atoms with Gasteiger partial charge in [0.05, 0.1) is 0 Å². The van der Waals surface area contributed by atoms with Crippen molar-refractivity contribution in [2.45, 2.75) is 43.9 Å². The molecule has 1 heterocycles. The number of thioether (sulfide) groups is 1. The fourth-order valence-corrected chi connectivity index (χ4v) is 5.81. The molecule has 2 aliphatic rings. The summed E-state index contributed by atoms with van der Waals surface area (Å²) in [7, 11) is 1.24. The minimum Gasteiger partial charge on any atom is -0.381 e. The Kier molecular flexibility index (Phi) is 6.58. The Morgan fingerprint density at radius 1 is 1.12 bits per heavy atom. The van der Waals surface area contributed by atoms with Crippen molar-refractivity contribution in [1.29, 1.82) is 0 Å². The van der Waals surface area contributed by atoms with Gasteiger partial charge in [-0.2, -0.15) is 24.9 Å². The lowest BCUT2D eigenvalue weighted by atomic mass is 9.83. The number of carbonyl (C=O) groups is 1. The molecule has 2 atom stereocenters. The van der Waals surface area contributed by atoms with Crippen molar-refractivity contribution in [2.75, 3.05) is 37.0 Å². The van der Waals surface area contributed by atoms with E-state index in [1.165, 1.54) is 35.2 Å². The first-order chi connectivity index (χ1) is 15.6. The highest BCUT2D eigenvalue weighted by Crippen LogP contribution is 2.41. The summed E-state index contributed by atoms with van der Waals surface area (Å²) in [6.07, 6.45) is -3.71. The molecule has 1 unspecified atom stereocenters. The van der Waals surface area contributed by atoms with Crippen molar-refractivity contribution in [3.63, 3.8) is 0 Å². The van der Waals surface area contributed by atoms with Crippen LogP contribution in [0.5, 0.6) is 0 Å². The van der Waals surface area contributed by atoms with Crippen molar-refractivity contribution >= 4 is 23.5 Å². The van der Waals surface area contributed by atoms with Crippen LogP contribution in [-0.4, -0.2) is 59.7 Å². The van der Waals surface area contributed by atoms with Gasteiger partial charge in [0.2, 0.25) is 0 Å². The number of nitrogens with one attached hydrogen (secondary N) is 1. The summed E-state index contributed by atoms with van der Waals surface area (Å²) in [4.78, 5) is 15.1. The maximum Gasteiger partial charge on any atom is 0.413 e. The molecule has 1 saturated heterocycles. The van der Waals surface area contributed by atoms with Crippen LogP contribution in [-0.2, 0) is 11.8 Å². The predicted octanol–water partition coefficient (Wildman–Crippen LogP) is 5.71. The van der Waals surface area contributed by atoms with Crippen LogP contribution in [0, 0.1) is 0 Å². The number of fused-ring (bicyclic) bond motifs is 1. The molecular formula is C25H30F3N3OS. The third-order valence-corrected chi connectivity index (χ3v) is 7.80. The Labute approximate surface area is 197 Å². The first-order valence-electron chi connectivity index (χ1n) is 11.2. The molecule has 1 aliphatic heterocycles. The third-order valence-electron chi connectivity index (χ3n) is 6.85. The molecule has 1 aliphatic carbocycles. The average molecular weight is 478 g/mol. The molecular weight excluding hydrogens is 447 g/mol. The molecule has 33 heavy (non-hydrogen) atoms. The molecule has 0 radical (unpaired) electrons. The lowest BCUT2D eigenvalue weighted by Crippen LogP contribution is -2.49. The summed E-state index contributed by atoms with van der Waals surface area (Å²) in [5, 5.41) is 3.51. The van der Waals surface area contributed by atoms with Gasteiger partial charge in [0, 0.05) is 48.8 Å². The number of nitrogens with zero attached hydrogens (tertiary/aromatic N) is 2. The fourth-order valence-electron chi connectivity index (χ4n) is 4.90. The molecule has 4 nitrogen and oxygen atoms in total. The normalized spacial score (nSPS) is 20.8. The molecule has 8 heteroatoms. The van der Waals surface area contributed by atoms with Crippen LogP contribution in [0.4, 0.5) is 23.7 Å². The third kappa shape index (κ3) is 4.81. The van der Waals surface area contributed by atoms with E-state index in [0.29, 0.717) is 13.1 Å². The van der Waals surface area contributed by atoms with Gasteiger partial charge in [0.1, 0.15) is 0 Å². The number of carbonyl (C=O) groups excluding carboxylic acids is 1. The number of alkyl halides is 3. The molecule has 4 rings (SSSR count). The van der Waals surface area contributed by atoms with Crippen LogP contribution in [0.3, 0.4) is 0 Å². The Morgan fingerprint density at radius 2 is 1.76 bits per heavy atom. The Hall–Kier alpha value is -2.35. The van der Waals surface area contributed by atoms with Gasteiger partial charge in [0.25, 0.3) is 0 Å². The number of halogens is 3. The number of urea groups is 1. The lowest BCUT2D eigenvalue weighted by Gasteiger charge is -2.36. The van der Waals surface area contributed by atoms with Gasteiger partial charge in [-0.15, -0.1) is 0 Å². The average Bonchev–Trinajstić information content (AvgIpc) is 3.04. The maximum atomic E-state index is 14.0. The molecule has 2 amide bonds. The summed E-state index contributed by atoms with van der Waals surface area (Å²) in [6, 6.07) is 12.2. The number of hydrogen-bond acceptors (Lipinski definition) is 3. The lowest BCUT2D eigenvalue weighted by molar-refractivity contribution is -0.176. The minimum atomic E-state index is -4.57. The maximum absolute atomic E-state index is 14.0. The van der Waals surface area contributed by atoms with Crippen molar-refractivity contribution in [1.82, 2.24) is 9.80 Å². The van der Waals surface area contributed by atoms with Gasteiger partial charge in [-0.1, -0.05) is 50.2 Å². The summed E-state index contributed by atoms with van der Waals surface area (Å²) >= 11 is 1.71. The van der Waals surface area contributed by atoms with Crippen LogP contribution in [0.15, 0.2) is 48.5 Å². The molecule has 0 aromatic heterocycles. The van der Waals surface area contributed by atoms with E-state index < -0.39 is 18.2 Å². The zero-order valence-corrected chi connectivity index (χ0v) is 20.0. The van der Waals surface area contributed by atoms with E-state index in [2.05, 4.69) is 31.3 Å². The fraction of sp³-hybridized carbons (Fsp3) is 0.480. The summed E-state index contributed by atoms with van der Waals surface area (Å²) in [5.41, 5.74) is 3.33. The van der Waals surface area contributed by atoms with Crippen LogP contribution in [0.25, 0.3) is 0 Å². The van der Waals surface area contributed by atoms with Crippen LogP contribution in [0.1, 0.15) is 36.6 Å². The highest BCUT2D eigenvalue weighted by molar-refractivity contribution is 7.99. The van der Waals surface area contributed by atoms with Gasteiger partial charge in [-0.25, -0.2) is 4.79 Å². The standard InChI is InChI=1S/C25H30F3N3OS/c1-24(2)20-7-5-4-6-18(20)16-21(24)29-19-10-8-17(9-11-19)22(25(26,27)28)30(3)23(32)31-12-14-33-15-13-31/h4-11,21-22,29H,12-16H2,1-3H3/t21?,22-/m0/s1. The first-order valence-corrected chi connectivity index (χ1v) is 12.4. The van der Waals surface area contributed by atoms with E-state index in [0.717, 1.165) is 28.5 Å². The minimum absolute atomic E-state index is 0.0595. The summed E-state index contributed by atoms with van der Waals surface area (Å²) in [5.74, 6) is 1.50. The second kappa shape index (κ2) is 9.12. The Balaban J connectivity index is 1.51. The van der Waals surface area contributed by atoms with Gasteiger partial charge in [-0.05, 0) is 35.2 Å². The van der Waals surface area contributed by atoms with Crippen LogP contribution in [0.2, 0.25) is 0 Å². The van der Waals surface area contributed by atoms with E-state index >= 15 is 0 Å². The Bertz CT molecular complexity index is 987. The monoisotopic (exact) mass is 477 g/mol. The van der Waals surface area contributed by atoms with E-state index in [4.69, 9.17) is 0 Å². The SMILES string of the molecule is CN(C(=O)N1CCSCC1)[C@@H](c1ccc(NC2Cc3ccccc3C2(C)C)cc1)C(F)(F)F. The zero-order valence-electron chi connectivity index (χ0n) is 19.2. The number of anilines is 1. The van der Waals surface area contributed by atoms with E-state index in [1.807, 2.05) is 12.1 Å². The van der Waals surface area contributed by atoms with Crippen molar-refractivity contribution in [2.24, 2.45) is 0 Å². The highest BCUT2D eigenvalue weighted by Gasteiger charge is 2.46. The summed E-state index contributed by atoms with van der Waals surface area (Å²) < 4.78 is 42.1. The molecule has 1 N–H and O–H groups in total. The van der Waals surface area contributed by atoms with Gasteiger partial charge in [-0.3, -0.25) is 0 Å². The predicted molar refractivity (Wildman–Crippen MR) is 128 cm³/mol. The number of amides is 2. The van der Waals surface area contributed by atoms with E-state index in [-0.39, 0.29) is 17.0 Å². The molecule has 0 bridgehead atoms. The zero-order chi connectivity index (χ0) is 23.8. The van der Waals surface area contributed by atoms with Crippen molar-refractivity contribution < 1.29 is 18.0 Å². The second-order valence-electron chi connectivity index (χ2n) is 9.34. The summed E-state index contributed by atoms with van der Waals surface area (Å²) in [6.45, 7) is 5.32. The quantitative estimate of drug-likeness (QED) is 0.613. The van der Waals surface area contributed by atoms with Crippen molar-refractivity contribution in [3.05, 3.63) is 65.2 Å². The highest BCUT2D eigenvalue weighted by atomic mass is 32.2. The van der Waals surface area contributed by atoms with Gasteiger partial charge < -0.3 is 15.1 Å². The molecule has 1 fully saturated rings. The molecule has 178 valence electrons. The largest absolute Gasteiger partial charge is 0.413 e.